The first-order valence-electron chi connectivity index (χ1n) is 30.9. The van der Waals surface area contributed by atoms with Crippen LogP contribution in [0.15, 0.2) is 24.3 Å². The number of aromatic hydroxyl groups is 1. The van der Waals surface area contributed by atoms with Gasteiger partial charge in [0.25, 0.3) is 0 Å². The summed E-state index contributed by atoms with van der Waals surface area (Å²) in [4.78, 5) is 111. The highest BCUT2D eigenvalue weighted by molar-refractivity contribution is 5.97. The third kappa shape index (κ3) is 31.3. The molecular formula is C59H108N14O10. The number of nitrogens with zero attached hydrogens (tertiary/aromatic N) is 1. The molecule has 1 heterocycles. The number of carboxylic acids is 1. The molecule has 24 nitrogen and oxygen atoms in total. The van der Waals surface area contributed by atoms with Crippen molar-refractivity contribution in [3.05, 3.63) is 29.8 Å². The number of phenols is 1. The molecule has 0 aliphatic carbocycles. The van der Waals surface area contributed by atoms with Crippen LogP contribution in [0.1, 0.15) is 156 Å². The fraction of sp³-hybridized carbons (Fsp3) is 0.763. The molecule has 0 aromatic heterocycles. The summed E-state index contributed by atoms with van der Waals surface area (Å²) in [7, 11) is 0. The monoisotopic (exact) mass is 1170 g/mol. The van der Waals surface area contributed by atoms with Gasteiger partial charge in [0.15, 0.2) is 0 Å². The van der Waals surface area contributed by atoms with Crippen molar-refractivity contribution in [2.24, 2.45) is 29.0 Å². The van der Waals surface area contributed by atoms with Gasteiger partial charge in [-0.15, -0.1) is 0 Å². The molecule has 1 fully saturated rings. The number of nitrogens with two attached hydrogens (primary N) is 3. The Morgan fingerprint density at radius 1 is 0.554 bits per heavy atom. The minimum Gasteiger partial charge on any atom is -0.508 e. The van der Waals surface area contributed by atoms with Crippen molar-refractivity contribution in [2.75, 3.05) is 78.5 Å². The molecule has 8 atom stereocenters. The summed E-state index contributed by atoms with van der Waals surface area (Å²) in [5, 5.41) is 50.4. The molecule has 0 saturated carbocycles. The van der Waals surface area contributed by atoms with Gasteiger partial charge in [-0.1, -0.05) is 46.2 Å². The number of benzene rings is 1. The van der Waals surface area contributed by atoms with E-state index in [4.69, 9.17) is 17.2 Å². The number of likely N-dealkylation sites (tertiary alicyclic amines) is 1. The van der Waals surface area contributed by atoms with Crippen molar-refractivity contribution in [3.8, 4) is 5.75 Å². The summed E-state index contributed by atoms with van der Waals surface area (Å²) in [6, 6.07) is -1.77. The first-order valence-corrected chi connectivity index (χ1v) is 30.9. The number of hydrogen-bond donors (Lipinski definition) is 15. The predicted molar refractivity (Wildman–Crippen MR) is 324 cm³/mol. The number of carbonyl (C=O) groups is 8. The van der Waals surface area contributed by atoms with Crippen LogP contribution >= 0.6 is 0 Å². The molecule has 1 saturated heterocycles. The largest absolute Gasteiger partial charge is 0.508 e. The van der Waals surface area contributed by atoms with Crippen molar-refractivity contribution in [2.45, 2.75) is 199 Å². The summed E-state index contributed by atoms with van der Waals surface area (Å²) in [5.41, 5.74) is 17.8. The molecular weight excluding hydrogens is 1060 g/mol. The lowest BCUT2D eigenvalue weighted by atomic mass is 9.96. The van der Waals surface area contributed by atoms with E-state index < -0.39 is 95.5 Å². The Labute approximate surface area is 494 Å². The lowest BCUT2D eigenvalue weighted by Gasteiger charge is -2.31. The van der Waals surface area contributed by atoms with Gasteiger partial charge in [-0.05, 0) is 211 Å². The Hall–Kier alpha value is -5.50. The standard InChI is InChI=1S/C59H108N14O10/c1-6-42(4)52(57(80)71-50(59(82)83)39-41(2)3)72-55(78)49(40-44-23-25-45(75)26-24-44)70-56(79)51-22-15-38-73(51)58(81)48(21-8-11-28-61)69-54(77)47(19-7-10-27-60)68-53(76)46(67-43(5)74)20-9-12-30-64-34-17-36-66-37-18-35-65-32-14-13-31-63-33-16-29-62/h23-26,41-42,46-52,63-66,75H,6-22,27-40,60-62H2,1-5H3,(H,67,74)(H,68,76)(H,69,77)(H,70,79)(H,71,80)(H,72,78)(H,82,83)/t42-,46-,47-,48-,49-,50-,51-,52-/m0/s1. The SMILES string of the molecule is CC[C@H](C)[C@H](NC(=O)[C@H](Cc1ccc(O)cc1)NC(=O)[C@@H]1CCCN1C(=O)[C@H](CCCCN)NC(=O)[C@H](CCCCN)NC(=O)[C@H](CCCCNCCCNCCCNCCCCNCCCN)NC(C)=O)C(=O)N[C@@H](CC(C)C)C(=O)O. The Bertz CT molecular complexity index is 2040. The molecule has 0 unspecified atom stereocenters. The van der Waals surface area contributed by atoms with Crippen LogP contribution in [0, 0.1) is 11.8 Å². The Kier molecular flexibility index (Phi) is 39.1. The highest BCUT2D eigenvalue weighted by Gasteiger charge is 2.40. The lowest BCUT2D eigenvalue weighted by molar-refractivity contribution is -0.143. The Balaban J connectivity index is 2.14. The Morgan fingerprint density at radius 3 is 1.52 bits per heavy atom. The molecule has 24 heteroatoms. The zero-order chi connectivity index (χ0) is 61.4. The van der Waals surface area contributed by atoms with Crippen molar-refractivity contribution in [1.82, 2.24) is 58.1 Å². The topological polar surface area (TPSA) is 379 Å². The highest BCUT2D eigenvalue weighted by atomic mass is 16.4. The van der Waals surface area contributed by atoms with E-state index in [1.54, 1.807) is 19.1 Å². The third-order valence-corrected chi connectivity index (χ3v) is 14.8. The van der Waals surface area contributed by atoms with Gasteiger partial charge in [0.05, 0.1) is 0 Å². The van der Waals surface area contributed by atoms with Crippen molar-refractivity contribution in [3.63, 3.8) is 0 Å². The van der Waals surface area contributed by atoms with E-state index in [1.807, 2.05) is 20.8 Å². The van der Waals surface area contributed by atoms with Gasteiger partial charge in [-0.25, -0.2) is 4.79 Å². The second-order valence-corrected chi connectivity index (χ2v) is 22.5. The second-order valence-electron chi connectivity index (χ2n) is 22.5. The molecule has 7 amide bonds. The third-order valence-electron chi connectivity index (χ3n) is 14.8. The average Bonchev–Trinajstić information content (AvgIpc) is 3.99. The van der Waals surface area contributed by atoms with E-state index in [-0.39, 0.29) is 50.3 Å². The van der Waals surface area contributed by atoms with Crippen molar-refractivity contribution >= 4 is 47.3 Å². The minimum absolute atomic E-state index is 0.0159. The normalized spacial score (nSPS) is 15.8. The van der Waals surface area contributed by atoms with E-state index >= 15 is 0 Å². The van der Waals surface area contributed by atoms with Gasteiger partial charge >= 0.3 is 5.97 Å². The number of rotatable bonds is 48. The maximum Gasteiger partial charge on any atom is 0.326 e. The van der Waals surface area contributed by atoms with E-state index in [1.165, 1.54) is 24.0 Å². The van der Waals surface area contributed by atoms with E-state index in [2.05, 4.69) is 53.2 Å². The lowest BCUT2D eigenvalue weighted by Crippen LogP contribution is -2.60. The summed E-state index contributed by atoms with van der Waals surface area (Å²) < 4.78 is 0. The van der Waals surface area contributed by atoms with Crippen LogP contribution in [0.2, 0.25) is 0 Å². The van der Waals surface area contributed by atoms with Crippen LogP contribution in [0.25, 0.3) is 0 Å². The summed E-state index contributed by atoms with van der Waals surface area (Å²) in [6.45, 7) is 17.6. The van der Waals surface area contributed by atoms with Crippen LogP contribution in [0.5, 0.6) is 5.75 Å². The van der Waals surface area contributed by atoms with Crippen LogP contribution in [-0.2, 0) is 44.8 Å². The van der Waals surface area contributed by atoms with Gasteiger partial charge < -0.3 is 85.5 Å². The maximum atomic E-state index is 14.7. The van der Waals surface area contributed by atoms with Gasteiger partial charge in [-0.2, -0.15) is 0 Å². The van der Waals surface area contributed by atoms with Gasteiger partial charge in [0.1, 0.15) is 48.0 Å². The molecule has 1 aliphatic rings. The first kappa shape index (κ1) is 73.6. The summed E-state index contributed by atoms with van der Waals surface area (Å²) in [5.74, 6) is -5.85. The average molecular weight is 1170 g/mol. The number of phenolic OH excluding ortho intramolecular Hbond substituents is 1. The number of carbonyl (C=O) groups excluding carboxylic acids is 7. The molecule has 0 spiro atoms. The van der Waals surface area contributed by atoms with Gasteiger partial charge in [0.2, 0.25) is 41.4 Å². The number of aliphatic carboxylic acids is 1. The molecule has 0 bridgehead atoms. The summed E-state index contributed by atoms with van der Waals surface area (Å²) in [6.07, 6.45) is 10.7. The van der Waals surface area contributed by atoms with E-state index in [0.29, 0.717) is 70.0 Å². The summed E-state index contributed by atoms with van der Waals surface area (Å²) >= 11 is 0. The van der Waals surface area contributed by atoms with E-state index in [0.717, 1.165) is 97.4 Å². The quantitative estimate of drug-likeness (QED) is 0.0400. The molecule has 18 N–H and O–H groups in total. The molecule has 83 heavy (non-hydrogen) atoms. The Morgan fingerprint density at radius 2 is 1.01 bits per heavy atom. The molecule has 2 rings (SSSR count). The zero-order valence-electron chi connectivity index (χ0n) is 50.8. The number of hydrogen-bond acceptors (Lipinski definition) is 16. The van der Waals surface area contributed by atoms with Crippen LogP contribution in [0.4, 0.5) is 0 Å². The van der Waals surface area contributed by atoms with Crippen molar-refractivity contribution < 1.29 is 48.6 Å². The maximum absolute atomic E-state index is 14.7. The van der Waals surface area contributed by atoms with Crippen LogP contribution in [-0.4, -0.2) is 183 Å². The number of carboxylic acid groups (broad SMARTS) is 1. The smallest absolute Gasteiger partial charge is 0.326 e. The zero-order valence-corrected chi connectivity index (χ0v) is 50.8. The molecule has 0 radical (unpaired) electrons. The molecule has 1 aromatic carbocycles. The van der Waals surface area contributed by atoms with Crippen LogP contribution < -0.4 is 70.4 Å². The molecule has 1 aromatic rings. The fourth-order valence-electron chi connectivity index (χ4n) is 9.83. The first-order chi connectivity index (χ1) is 39.9. The van der Waals surface area contributed by atoms with E-state index in [9.17, 15) is 48.6 Å². The minimum atomic E-state index is -1.28. The predicted octanol–water partition coefficient (Wildman–Crippen LogP) is 0.727. The number of unbranched alkanes of at least 4 members (excludes halogenated alkanes) is 4. The van der Waals surface area contributed by atoms with Crippen molar-refractivity contribution in [1.29, 1.82) is 0 Å². The second kappa shape index (κ2) is 44.0. The van der Waals surface area contributed by atoms with Crippen LogP contribution in [0.3, 0.4) is 0 Å². The fourth-order valence-corrected chi connectivity index (χ4v) is 9.83. The molecule has 474 valence electrons. The van der Waals surface area contributed by atoms with Gasteiger partial charge in [0, 0.05) is 19.9 Å². The number of amides is 7. The molecule has 1 aliphatic heterocycles. The number of nitrogens with one attached hydrogen (secondary N) is 10. The van der Waals surface area contributed by atoms with Gasteiger partial charge in [-0.3, -0.25) is 33.6 Å². The highest BCUT2D eigenvalue weighted by Crippen LogP contribution is 2.22.